The van der Waals surface area contributed by atoms with Crippen LogP contribution in [-0.4, -0.2) is 50.8 Å². The first kappa shape index (κ1) is 21.0. The van der Waals surface area contributed by atoms with Crippen LogP contribution in [0.1, 0.15) is 25.3 Å². The van der Waals surface area contributed by atoms with Gasteiger partial charge in [-0.3, -0.25) is 4.99 Å². The second-order valence-electron chi connectivity index (χ2n) is 6.94. The van der Waals surface area contributed by atoms with Crippen molar-refractivity contribution in [2.45, 2.75) is 32.4 Å². The van der Waals surface area contributed by atoms with E-state index in [4.69, 9.17) is 14.2 Å². The smallest absolute Gasteiger partial charge is 0.193 e. The van der Waals surface area contributed by atoms with Crippen LogP contribution in [0.5, 0.6) is 17.2 Å². The van der Waals surface area contributed by atoms with Crippen LogP contribution in [0.4, 0.5) is 0 Å². The molecule has 0 saturated carbocycles. The third kappa shape index (κ3) is 5.87. The summed E-state index contributed by atoms with van der Waals surface area (Å²) in [5, 5.41) is 3.46. The van der Waals surface area contributed by atoms with Gasteiger partial charge in [0.15, 0.2) is 17.5 Å². The molecule has 29 heavy (non-hydrogen) atoms. The van der Waals surface area contributed by atoms with Crippen LogP contribution in [0.15, 0.2) is 53.5 Å². The molecule has 6 heteroatoms. The number of guanidine groups is 1. The first-order chi connectivity index (χ1) is 14.2. The fraction of sp³-hybridized carbons (Fsp3) is 0.435. The van der Waals surface area contributed by atoms with Crippen LogP contribution in [0.2, 0.25) is 0 Å². The largest absolute Gasteiger partial charge is 0.493 e. The third-order valence-corrected chi connectivity index (χ3v) is 5.03. The SMILES string of the molecule is CCOC1CCN(C(=NC)NCc2ccc(Oc3ccccc3OC)cc2)CC1. The second kappa shape index (κ2) is 10.7. The van der Waals surface area contributed by atoms with Gasteiger partial charge in [-0.25, -0.2) is 0 Å². The molecule has 1 heterocycles. The number of para-hydroxylation sites is 2. The third-order valence-electron chi connectivity index (χ3n) is 5.03. The van der Waals surface area contributed by atoms with Crippen molar-refractivity contribution in [2.75, 3.05) is 33.9 Å². The molecule has 3 rings (SSSR count). The Morgan fingerprint density at radius 3 is 2.38 bits per heavy atom. The maximum Gasteiger partial charge on any atom is 0.193 e. The molecule has 2 aromatic carbocycles. The average Bonchev–Trinajstić information content (AvgIpc) is 2.77. The Bertz CT molecular complexity index is 784. The van der Waals surface area contributed by atoms with Crippen molar-refractivity contribution in [3.05, 3.63) is 54.1 Å². The summed E-state index contributed by atoms with van der Waals surface area (Å²) in [5.74, 6) is 3.14. The summed E-state index contributed by atoms with van der Waals surface area (Å²) in [6.45, 7) is 5.49. The van der Waals surface area contributed by atoms with Crippen molar-refractivity contribution >= 4 is 5.96 Å². The van der Waals surface area contributed by atoms with Crippen molar-refractivity contribution in [3.63, 3.8) is 0 Å². The highest BCUT2D eigenvalue weighted by Gasteiger charge is 2.21. The van der Waals surface area contributed by atoms with Crippen molar-refractivity contribution < 1.29 is 14.2 Å². The Balaban J connectivity index is 1.52. The molecule has 1 fully saturated rings. The zero-order valence-corrected chi connectivity index (χ0v) is 17.6. The number of nitrogens with zero attached hydrogens (tertiary/aromatic N) is 2. The fourth-order valence-corrected chi connectivity index (χ4v) is 3.49. The van der Waals surface area contributed by atoms with Crippen LogP contribution in [0.25, 0.3) is 0 Å². The van der Waals surface area contributed by atoms with E-state index >= 15 is 0 Å². The molecular weight excluding hydrogens is 366 g/mol. The van der Waals surface area contributed by atoms with Gasteiger partial charge in [0.05, 0.1) is 13.2 Å². The minimum atomic E-state index is 0.380. The van der Waals surface area contributed by atoms with E-state index < -0.39 is 0 Å². The molecule has 1 N–H and O–H groups in total. The lowest BCUT2D eigenvalue weighted by molar-refractivity contribution is 0.0263. The number of methoxy groups -OCH3 is 1. The van der Waals surface area contributed by atoms with Gasteiger partial charge >= 0.3 is 0 Å². The highest BCUT2D eigenvalue weighted by molar-refractivity contribution is 5.80. The Hall–Kier alpha value is -2.73. The standard InChI is InChI=1S/C23H31N3O3/c1-4-28-19-13-15-26(16-14-19)23(24-2)25-17-18-9-11-20(12-10-18)29-22-8-6-5-7-21(22)27-3/h5-12,19H,4,13-17H2,1-3H3,(H,24,25). The molecule has 1 aliphatic rings. The molecule has 156 valence electrons. The minimum absolute atomic E-state index is 0.380. The van der Waals surface area contributed by atoms with Gasteiger partial charge in [-0.1, -0.05) is 24.3 Å². The number of aliphatic imine (C=N–C) groups is 1. The number of likely N-dealkylation sites (tertiary alicyclic amines) is 1. The molecule has 1 aliphatic heterocycles. The first-order valence-corrected chi connectivity index (χ1v) is 10.2. The summed E-state index contributed by atoms with van der Waals surface area (Å²) in [5.41, 5.74) is 1.17. The van der Waals surface area contributed by atoms with Gasteiger partial charge in [0.1, 0.15) is 5.75 Å². The van der Waals surface area contributed by atoms with Crippen molar-refractivity contribution in [2.24, 2.45) is 4.99 Å². The summed E-state index contributed by atoms with van der Waals surface area (Å²) in [4.78, 5) is 6.74. The quantitative estimate of drug-likeness (QED) is 0.564. The number of piperidine rings is 1. The lowest BCUT2D eigenvalue weighted by Crippen LogP contribution is -2.46. The van der Waals surface area contributed by atoms with E-state index in [1.54, 1.807) is 7.11 Å². The Kier molecular flexibility index (Phi) is 7.76. The Morgan fingerprint density at radius 2 is 1.76 bits per heavy atom. The minimum Gasteiger partial charge on any atom is -0.493 e. The molecular formula is C23H31N3O3. The van der Waals surface area contributed by atoms with Gasteiger partial charge in [-0.2, -0.15) is 0 Å². The lowest BCUT2D eigenvalue weighted by atomic mass is 10.1. The number of hydrogen-bond donors (Lipinski definition) is 1. The summed E-state index contributed by atoms with van der Waals surface area (Å²) in [7, 11) is 3.48. The Morgan fingerprint density at radius 1 is 1.07 bits per heavy atom. The molecule has 0 bridgehead atoms. The molecule has 0 amide bonds. The van der Waals surface area contributed by atoms with E-state index in [0.29, 0.717) is 18.4 Å². The van der Waals surface area contributed by atoms with E-state index in [2.05, 4.69) is 34.3 Å². The molecule has 6 nitrogen and oxygen atoms in total. The van der Waals surface area contributed by atoms with Gasteiger partial charge in [-0.05, 0) is 49.6 Å². The monoisotopic (exact) mass is 397 g/mol. The molecule has 1 saturated heterocycles. The summed E-state index contributed by atoms with van der Waals surface area (Å²) >= 11 is 0. The molecule has 0 unspecified atom stereocenters. The van der Waals surface area contributed by atoms with E-state index in [1.165, 1.54) is 5.56 Å². The number of benzene rings is 2. The molecule has 0 spiro atoms. The maximum atomic E-state index is 5.94. The zero-order chi connectivity index (χ0) is 20.5. The van der Waals surface area contributed by atoms with E-state index in [9.17, 15) is 0 Å². The lowest BCUT2D eigenvalue weighted by Gasteiger charge is -2.34. The summed E-state index contributed by atoms with van der Waals surface area (Å²) in [6.07, 6.45) is 2.47. The maximum absolute atomic E-state index is 5.94. The van der Waals surface area contributed by atoms with Crippen molar-refractivity contribution in [1.82, 2.24) is 10.2 Å². The molecule has 0 aliphatic carbocycles. The van der Waals surface area contributed by atoms with E-state index in [1.807, 2.05) is 43.4 Å². The number of nitrogens with one attached hydrogen (secondary N) is 1. The van der Waals surface area contributed by atoms with Crippen LogP contribution >= 0.6 is 0 Å². The predicted octanol–water partition coefficient (Wildman–Crippen LogP) is 4.06. The van der Waals surface area contributed by atoms with Crippen LogP contribution in [0.3, 0.4) is 0 Å². The van der Waals surface area contributed by atoms with Crippen molar-refractivity contribution in [3.8, 4) is 17.2 Å². The zero-order valence-electron chi connectivity index (χ0n) is 17.6. The fourth-order valence-electron chi connectivity index (χ4n) is 3.49. The van der Waals surface area contributed by atoms with Crippen LogP contribution in [-0.2, 0) is 11.3 Å². The van der Waals surface area contributed by atoms with Crippen LogP contribution < -0.4 is 14.8 Å². The second-order valence-corrected chi connectivity index (χ2v) is 6.94. The van der Waals surface area contributed by atoms with Gasteiger partial charge < -0.3 is 24.4 Å². The van der Waals surface area contributed by atoms with Crippen LogP contribution in [0, 0.1) is 0 Å². The normalized spacial score (nSPS) is 15.3. The van der Waals surface area contributed by atoms with E-state index in [-0.39, 0.29) is 0 Å². The highest BCUT2D eigenvalue weighted by Crippen LogP contribution is 2.30. The average molecular weight is 398 g/mol. The molecule has 0 radical (unpaired) electrons. The number of rotatable bonds is 7. The van der Waals surface area contributed by atoms with Gasteiger partial charge in [0.2, 0.25) is 0 Å². The van der Waals surface area contributed by atoms with Gasteiger partial charge in [0, 0.05) is 33.3 Å². The molecule has 2 aromatic rings. The molecule has 0 atom stereocenters. The van der Waals surface area contributed by atoms with Crippen molar-refractivity contribution in [1.29, 1.82) is 0 Å². The topological polar surface area (TPSA) is 55.3 Å². The summed E-state index contributed by atoms with van der Waals surface area (Å²) in [6, 6.07) is 15.7. The van der Waals surface area contributed by atoms with Gasteiger partial charge in [-0.15, -0.1) is 0 Å². The predicted molar refractivity (Wildman–Crippen MR) is 116 cm³/mol. The Labute approximate surface area is 173 Å². The van der Waals surface area contributed by atoms with Gasteiger partial charge in [0.25, 0.3) is 0 Å². The highest BCUT2D eigenvalue weighted by atomic mass is 16.5. The number of ether oxygens (including phenoxy) is 3. The molecule has 0 aromatic heterocycles. The number of hydrogen-bond acceptors (Lipinski definition) is 4. The van der Waals surface area contributed by atoms with E-state index in [0.717, 1.165) is 50.0 Å². The first-order valence-electron chi connectivity index (χ1n) is 10.2. The summed E-state index contributed by atoms with van der Waals surface area (Å²) < 4.78 is 17.0.